The Balaban J connectivity index is 1.93. The molecule has 0 saturated carbocycles. The average molecular weight is 425 g/mol. The number of halogens is 1. The predicted octanol–water partition coefficient (Wildman–Crippen LogP) is 2.48. The molecule has 2 heterocycles. The first kappa shape index (κ1) is 20.2. The molecular weight excluding hydrogens is 405 g/mol. The maximum atomic E-state index is 13.4. The second-order valence-corrected chi connectivity index (χ2v) is 8.82. The van der Waals surface area contributed by atoms with E-state index in [9.17, 15) is 17.6 Å². The van der Waals surface area contributed by atoms with Crippen molar-refractivity contribution in [2.45, 2.75) is 25.1 Å². The van der Waals surface area contributed by atoms with Crippen LogP contribution in [-0.2, 0) is 30.7 Å². The van der Waals surface area contributed by atoms with Crippen LogP contribution in [0.25, 0.3) is 11.3 Å². The molecule has 0 fully saturated rings. The van der Waals surface area contributed by atoms with Crippen molar-refractivity contribution in [2.24, 2.45) is 12.0 Å². The molecule has 2 aromatic carbocycles. The molecule has 0 aliphatic carbocycles. The van der Waals surface area contributed by atoms with Crippen molar-refractivity contribution in [3.8, 4) is 11.3 Å². The van der Waals surface area contributed by atoms with E-state index in [0.29, 0.717) is 23.4 Å². The molecular formula is C22H20FN3O3S. The van der Waals surface area contributed by atoms with Gasteiger partial charge < -0.3 is 0 Å². The summed E-state index contributed by atoms with van der Waals surface area (Å²) in [6.07, 6.45) is 0.371. The van der Waals surface area contributed by atoms with Crippen LogP contribution in [-0.4, -0.2) is 29.2 Å². The second kappa shape index (κ2) is 7.95. The summed E-state index contributed by atoms with van der Waals surface area (Å²) in [5.74, 6) is -0.336. The normalized spacial score (nSPS) is 13.9. The van der Waals surface area contributed by atoms with Crippen LogP contribution >= 0.6 is 0 Å². The van der Waals surface area contributed by atoms with Gasteiger partial charge in [-0.2, -0.15) is 5.10 Å². The zero-order valence-electron chi connectivity index (χ0n) is 16.5. The number of thiol groups is 1. The summed E-state index contributed by atoms with van der Waals surface area (Å²) < 4.78 is 37.4. The Bertz CT molecular complexity index is 1290. The molecule has 4 rings (SSSR count). The number of aromatic nitrogens is 2. The lowest BCUT2D eigenvalue weighted by Crippen LogP contribution is -2.20. The van der Waals surface area contributed by atoms with E-state index in [-0.39, 0.29) is 17.9 Å². The van der Waals surface area contributed by atoms with Gasteiger partial charge in [-0.1, -0.05) is 12.1 Å². The van der Waals surface area contributed by atoms with Crippen molar-refractivity contribution in [2.75, 3.05) is 0 Å². The van der Waals surface area contributed by atoms with E-state index in [1.807, 2.05) is 18.2 Å². The lowest BCUT2D eigenvalue weighted by atomic mass is 9.92. The largest absolute Gasteiger partial charge is 0.279 e. The molecule has 0 spiro atoms. The van der Waals surface area contributed by atoms with Crippen LogP contribution in [0, 0.1) is 5.82 Å². The van der Waals surface area contributed by atoms with E-state index >= 15 is 0 Å². The van der Waals surface area contributed by atoms with Crippen LogP contribution in [0.4, 0.5) is 4.39 Å². The molecule has 0 saturated heterocycles. The fourth-order valence-electron chi connectivity index (χ4n) is 3.56. The molecule has 1 aromatic heterocycles. The first-order valence-electron chi connectivity index (χ1n) is 9.48. The van der Waals surface area contributed by atoms with E-state index in [0.717, 1.165) is 22.3 Å². The number of rotatable bonds is 4. The van der Waals surface area contributed by atoms with Crippen LogP contribution in [0.5, 0.6) is 0 Å². The highest BCUT2D eigenvalue weighted by molar-refractivity contribution is 7.73. The molecule has 1 atom stereocenters. The summed E-state index contributed by atoms with van der Waals surface area (Å²) in [6.45, 7) is 1.93. The van der Waals surface area contributed by atoms with E-state index in [1.165, 1.54) is 22.9 Å². The third-order valence-electron chi connectivity index (χ3n) is 5.18. The van der Waals surface area contributed by atoms with Gasteiger partial charge in [0.05, 0.1) is 23.2 Å². The second-order valence-electron chi connectivity index (χ2n) is 7.37. The molecule has 0 radical (unpaired) electrons. The monoisotopic (exact) mass is 425 g/mol. The predicted molar refractivity (Wildman–Crippen MR) is 114 cm³/mol. The van der Waals surface area contributed by atoms with Crippen molar-refractivity contribution in [3.63, 3.8) is 0 Å². The number of nitrogens with zero attached hydrogens (tertiary/aromatic N) is 3. The van der Waals surface area contributed by atoms with Gasteiger partial charge in [0.2, 0.25) is 0 Å². The molecule has 30 heavy (non-hydrogen) atoms. The topological polar surface area (TPSA) is 81.4 Å². The maximum absolute atomic E-state index is 13.4. The summed E-state index contributed by atoms with van der Waals surface area (Å²) >= 11 is 0. The molecule has 8 heteroatoms. The zero-order valence-corrected chi connectivity index (χ0v) is 17.4. The molecule has 0 amide bonds. The third-order valence-corrected chi connectivity index (χ3v) is 6.08. The summed E-state index contributed by atoms with van der Waals surface area (Å²) in [6, 6.07) is 13.3. The Morgan fingerprint density at radius 3 is 2.53 bits per heavy atom. The standard InChI is InChI=1S/C22H20FN3O3S/c1-13(30(28)29)9-14-3-8-18-19(10-14)22-16(11-20(27)26(2)25-22)12-24-21(18)15-4-6-17(23)7-5-15/h3-8,10-11,13,30H,9,12H2,1-2H3. The maximum Gasteiger partial charge on any atom is 0.266 e. The molecule has 1 aliphatic heterocycles. The minimum absolute atomic E-state index is 0.233. The number of hydrogen-bond donors (Lipinski definition) is 1. The third kappa shape index (κ3) is 3.82. The smallest absolute Gasteiger partial charge is 0.266 e. The Hall–Kier alpha value is -3.13. The van der Waals surface area contributed by atoms with E-state index in [2.05, 4.69) is 5.10 Å². The first-order chi connectivity index (χ1) is 14.3. The highest BCUT2D eigenvalue weighted by atomic mass is 32.2. The van der Waals surface area contributed by atoms with Gasteiger partial charge in [0, 0.05) is 35.4 Å². The van der Waals surface area contributed by atoms with Crippen LogP contribution in [0.2, 0.25) is 0 Å². The summed E-state index contributed by atoms with van der Waals surface area (Å²) in [4.78, 5) is 16.8. The van der Waals surface area contributed by atoms with Gasteiger partial charge in [0.15, 0.2) is 0 Å². The highest BCUT2D eigenvalue weighted by Crippen LogP contribution is 2.32. The lowest BCUT2D eigenvalue weighted by Gasteiger charge is -2.14. The minimum atomic E-state index is -2.53. The quantitative estimate of drug-likeness (QED) is 0.651. The summed E-state index contributed by atoms with van der Waals surface area (Å²) in [5, 5.41) is 3.97. The number of hydrogen-bond acceptors (Lipinski definition) is 5. The van der Waals surface area contributed by atoms with Crippen molar-refractivity contribution in [1.29, 1.82) is 0 Å². The molecule has 154 valence electrons. The van der Waals surface area contributed by atoms with Crippen molar-refractivity contribution >= 4 is 16.4 Å². The van der Waals surface area contributed by atoms with E-state index in [1.54, 1.807) is 26.1 Å². The lowest BCUT2D eigenvalue weighted by molar-refractivity contribution is 0.602. The van der Waals surface area contributed by atoms with E-state index in [4.69, 9.17) is 4.99 Å². The Morgan fingerprint density at radius 2 is 1.83 bits per heavy atom. The van der Waals surface area contributed by atoms with Gasteiger partial charge in [0.1, 0.15) is 16.5 Å². The minimum Gasteiger partial charge on any atom is -0.279 e. The van der Waals surface area contributed by atoms with Crippen molar-refractivity contribution in [3.05, 3.63) is 87.0 Å². The summed E-state index contributed by atoms with van der Waals surface area (Å²) in [5.41, 5.74) is 4.94. The molecule has 1 aliphatic rings. The highest BCUT2D eigenvalue weighted by Gasteiger charge is 2.22. The van der Waals surface area contributed by atoms with Crippen LogP contribution in [0.1, 0.15) is 29.2 Å². The number of aryl methyl sites for hydroxylation is 1. The number of benzene rings is 2. The van der Waals surface area contributed by atoms with Crippen LogP contribution in [0.3, 0.4) is 0 Å². The van der Waals surface area contributed by atoms with Gasteiger partial charge in [-0.05, 0) is 49.2 Å². The van der Waals surface area contributed by atoms with Gasteiger partial charge in [-0.15, -0.1) is 0 Å². The summed E-state index contributed by atoms with van der Waals surface area (Å²) in [7, 11) is -0.946. The van der Waals surface area contributed by atoms with Crippen molar-refractivity contribution in [1.82, 2.24) is 9.78 Å². The fourth-order valence-corrected chi connectivity index (χ4v) is 3.92. The van der Waals surface area contributed by atoms with Gasteiger partial charge in [-0.3, -0.25) is 9.79 Å². The zero-order chi connectivity index (χ0) is 21.4. The molecule has 0 N–H and O–H groups in total. The first-order valence-corrected chi connectivity index (χ1v) is 10.7. The molecule has 3 aromatic rings. The number of aliphatic imine (C=N–C) groups is 1. The van der Waals surface area contributed by atoms with Gasteiger partial charge in [0.25, 0.3) is 5.56 Å². The Morgan fingerprint density at radius 1 is 1.10 bits per heavy atom. The fraction of sp³-hybridized carbons (Fsp3) is 0.227. The van der Waals surface area contributed by atoms with Crippen LogP contribution < -0.4 is 5.56 Å². The van der Waals surface area contributed by atoms with Gasteiger partial charge >= 0.3 is 0 Å². The molecule has 1 unspecified atom stereocenters. The molecule has 0 bridgehead atoms. The Kier molecular flexibility index (Phi) is 5.34. The van der Waals surface area contributed by atoms with Crippen LogP contribution in [0.15, 0.2) is 58.3 Å². The SMILES string of the molecule is CC(Cc1ccc2c(c1)-c1nn(C)c(=O)cc1CN=C2c1ccc(F)cc1)[SH](=O)=O. The Labute approximate surface area is 174 Å². The average Bonchev–Trinajstić information content (AvgIpc) is 2.86. The van der Waals surface area contributed by atoms with Crippen molar-refractivity contribution < 1.29 is 12.8 Å². The van der Waals surface area contributed by atoms with E-state index < -0.39 is 16.0 Å². The molecule has 6 nitrogen and oxygen atoms in total. The van der Waals surface area contributed by atoms with Gasteiger partial charge in [-0.25, -0.2) is 17.5 Å². The number of fused-ring (bicyclic) bond motifs is 3.